The smallest absolute Gasteiger partial charge is 0.314 e. The van der Waals surface area contributed by atoms with E-state index in [2.05, 4.69) is 12.2 Å². The minimum absolute atomic E-state index is 0.540. The molecule has 1 aromatic carbocycles. The first-order valence-corrected chi connectivity index (χ1v) is 6.34. The highest BCUT2D eigenvalue weighted by molar-refractivity contribution is 5.25. The van der Waals surface area contributed by atoms with Crippen LogP contribution in [0.2, 0.25) is 0 Å². The molecule has 1 fully saturated rings. The molecule has 100 valence electrons. The summed E-state index contributed by atoms with van der Waals surface area (Å²) in [6, 6.07) is 6.11. The summed E-state index contributed by atoms with van der Waals surface area (Å²) in [4.78, 5) is 0. The molecule has 1 nitrogen and oxygen atoms in total. The first-order chi connectivity index (χ1) is 8.45. The van der Waals surface area contributed by atoms with Crippen LogP contribution in [0.25, 0.3) is 0 Å². The Morgan fingerprint density at radius 1 is 1.17 bits per heavy atom. The molecule has 1 heterocycles. The zero-order valence-corrected chi connectivity index (χ0v) is 10.4. The summed E-state index contributed by atoms with van der Waals surface area (Å²) in [5.74, 6) is 0.540. The molecule has 2 unspecified atom stereocenters. The van der Waals surface area contributed by atoms with E-state index in [1.807, 2.05) is 0 Å². The van der Waals surface area contributed by atoms with Crippen LogP contribution >= 0.6 is 0 Å². The molecule has 4 heteroatoms. The van der Waals surface area contributed by atoms with Gasteiger partial charge in [-0.1, -0.05) is 12.1 Å². The summed E-state index contributed by atoms with van der Waals surface area (Å²) in [7, 11) is 0. The summed E-state index contributed by atoms with van der Waals surface area (Å²) in [6.45, 7) is 3.12. The average molecular weight is 257 g/mol. The Morgan fingerprint density at radius 2 is 1.83 bits per heavy atom. The van der Waals surface area contributed by atoms with Gasteiger partial charge in [0.1, 0.15) is 0 Å². The van der Waals surface area contributed by atoms with E-state index in [-0.39, 0.29) is 0 Å². The Morgan fingerprint density at radius 3 is 2.33 bits per heavy atom. The van der Waals surface area contributed by atoms with Gasteiger partial charge in [0.25, 0.3) is 0 Å². The fourth-order valence-corrected chi connectivity index (χ4v) is 2.40. The van der Waals surface area contributed by atoms with E-state index in [9.17, 15) is 13.2 Å². The Labute approximate surface area is 105 Å². The van der Waals surface area contributed by atoms with E-state index in [4.69, 9.17) is 0 Å². The van der Waals surface area contributed by atoms with Crippen LogP contribution in [0.4, 0.5) is 13.2 Å². The normalized spacial score (nSPS) is 25.1. The van der Waals surface area contributed by atoms with E-state index >= 15 is 0 Å². The van der Waals surface area contributed by atoms with Crippen molar-refractivity contribution in [2.24, 2.45) is 5.92 Å². The lowest BCUT2D eigenvalue weighted by Gasteiger charge is -2.27. The number of halogens is 3. The fraction of sp³-hybridized carbons (Fsp3) is 0.571. The van der Waals surface area contributed by atoms with Gasteiger partial charge in [0.15, 0.2) is 0 Å². The van der Waals surface area contributed by atoms with Crippen LogP contribution in [0.5, 0.6) is 0 Å². The molecule has 1 aliphatic heterocycles. The van der Waals surface area contributed by atoms with Gasteiger partial charge < -0.3 is 5.32 Å². The summed E-state index contributed by atoms with van der Waals surface area (Å²) >= 11 is 0. The molecule has 0 bridgehead atoms. The minimum atomic E-state index is -4.24. The van der Waals surface area contributed by atoms with Gasteiger partial charge in [-0.25, -0.2) is 0 Å². The Bertz CT molecular complexity index is 375. The Kier molecular flexibility index (Phi) is 3.95. The lowest BCUT2D eigenvalue weighted by Crippen LogP contribution is -2.37. The SMILES string of the molecule is CC1CCC(Cc2ccc(C(F)(F)F)cc2)CN1. The van der Waals surface area contributed by atoms with Crippen LogP contribution in [0.3, 0.4) is 0 Å². The summed E-state index contributed by atoms with van der Waals surface area (Å²) in [5, 5.41) is 3.41. The molecule has 2 atom stereocenters. The molecule has 0 spiro atoms. The van der Waals surface area contributed by atoms with Crippen molar-refractivity contribution in [1.29, 1.82) is 0 Å². The predicted molar refractivity (Wildman–Crippen MR) is 65.3 cm³/mol. The standard InChI is InChI=1S/C14H18F3N/c1-10-2-3-12(9-18-10)8-11-4-6-13(7-5-11)14(15,16)17/h4-7,10,12,18H,2-3,8-9H2,1H3. The van der Waals surface area contributed by atoms with Crippen molar-refractivity contribution >= 4 is 0 Å². The largest absolute Gasteiger partial charge is 0.416 e. The Balaban J connectivity index is 1.94. The molecule has 0 radical (unpaired) electrons. The Hall–Kier alpha value is -1.03. The van der Waals surface area contributed by atoms with Crippen molar-refractivity contribution in [3.05, 3.63) is 35.4 Å². The monoisotopic (exact) mass is 257 g/mol. The second-order valence-corrected chi connectivity index (χ2v) is 5.15. The number of piperidine rings is 1. The third-order valence-corrected chi connectivity index (χ3v) is 3.57. The molecule has 2 rings (SSSR count). The number of nitrogens with one attached hydrogen (secondary N) is 1. The molecule has 1 aliphatic rings. The third kappa shape index (κ3) is 3.48. The number of alkyl halides is 3. The lowest BCUT2D eigenvalue weighted by molar-refractivity contribution is -0.137. The fourth-order valence-electron chi connectivity index (χ4n) is 2.40. The second kappa shape index (κ2) is 5.31. The zero-order valence-electron chi connectivity index (χ0n) is 10.4. The van der Waals surface area contributed by atoms with Crippen LogP contribution in [0.15, 0.2) is 24.3 Å². The molecule has 0 saturated carbocycles. The maximum absolute atomic E-state index is 12.4. The van der Waals surface area contributed by atoms with E-state index in [1.54, 1.807) is 12.1 Å². The second-order valence-electron chi connectivity index (χ2n) is 5.15. The minimum Gasteiger partial charge on any atom is -0.314 e. The van der Waals surface area contributed by atoms with Crippen LogP contribution in [-0.4, -0.2) is 12.6 Å². The number of hydrogen-bond donors (Lipinski definition) is 1. The topological polar surface area (TPSA) is 12.0 Å². The molecular formula is C14H18F3N. The summed E-state index contributed by atoms with van der Waals surface area (Å²) in [6.07, 6.45) is -1.08. The highest BCUT2D eigenvalue weighted by atomic mass is 19.4. The van der Waals surface area contributed by atoms with E-state index in [0.29, 0.717) is 12.0 Å². The molecule has 1 saturated heterocycles. The van der Waals surface area contributed by atoms with Gasteiger partial charge in [0.2, 0.25) is 0 Å². The summed E-state index contributed by atoms with van der Waals surface area (Å²) < 4.78 is 37.2. The highest BCUT2D eigenvalue weighted by Gasteiger charge is 2.30. The molecule has 1 aromatic rings. The van der Waals surface area contributed by atoms with Crippen LogP contribution in [0, 0.1) is 5.92 Å². The molecule has 1 N–H and O–H groups in total. The van der Waals surface area contributed by atoms with Gasteiger partial charge in [-0.2, -0.15) is 13.2 Å². The average Bonchev–Trinajstić information content (AvgIpc) is 2.32. The van der Waals surface area contributed by atoms with Crippen molar-refractivity contribution < 1.29 is 13.2 Å². The number of benzene rings is 1. The quantitative estimate of drug-likeness (QED) is 0.853. The highest BCUT2D eigenvalue weighted by Crippen LogP contribution is 2.29. The van der Waals surface area contributed by atoms with Crippen LogP contribution in [0.1, 0.15) is 30.9 Å². The maximum Gasteiger partial charge on any atom is 0.416 e. The van der Waals surface area contributed by atoms with Gasteiger partial charge in [-0.05, 0) is 56.3 Å². The van der Waals surface area contributed by atoms with Gasteiger partial charge in [0.05, 0.1) is 5.56 Å². The van der Waals surface area contributed by atoms with E-state index in [0.717, 1.165) is 31.4 Å². The number of hydrogen-bond acceptors (Lipinski definition) is 1. The summed E-state index contributed by atoms with van der Waals surface area (Å²) in [5.41, 5.74) is 0.422. The van der Waals surface area contributed by atoms with Crippen LogP contribution < -0.4 is 5.32 Å². The van der Waals surface area contributed by atoms with Gasteiger partial charge in [0, 0.05) is 6.04 Å². The van der Waals surface area contributed by atoms with Crippen molar-refractivity contribution in [2.75, 3.05) is 6.54 Å². The van der Waals surface area contributed by atoms with E-state index in [1.165, 1.54) is 12.1 Å². The van der Waals surface area contributed by atoms with E-state index < -0.39 is 11.7 Å². The van der Waals surface area contributed by atoms with Crippen molar-refractivity contribution in [3.8, 4) is 0 Å². The zero-order chi connectivity index (χ0) is 13.2. The molecule has 0 amide bonds. The van der Waals surface area contributed by atoms with Crippen molar-refractivity contribution in [2.45, 2.75) is 38.4 Å². The predicted octanol–water partition coefficient (Wildman–Crippen LogP) is 3.64. The van der Waals surface area contributed by atoms with Crippen molar-refractivity contribution in [3.63, 3.8) is 0 Å². The molecule has 0 aliphatic carbocycles. The maximum atomic E-state index is 12.4. The molecule has 0 aromatic heterocycles. The van der Waals surface area contributed by atoms with Gasteiger partial charge in [-0.3, -0.25) is 0 Å². The van der Waals surface area contributed by atoms with Crippen molar-refractivity contribution in [1.82, 2.24) is 5.32 Å². The van der Waals surface area contributed by atoms with Gasteiger partial charge in [-0.15, -0.1) is 0 Å². The first kappa shape index (κ1) is 13.4. The van der Waals surface area contributed by atoms with Gasteiger partial charge >= 0.3 is 6.18 Å². The third-order valence-electron chi connectivity index (χ3n) is 3.57. The lowest BCUT2D eigenvalue weighted by atomic mass is 9.89. The molecular weight excluding hydrogens is 239 g/mol. The number of rotatable bonds is 2. The first-order valence-electron chi connectivity index (χ1n) is 6.34. The van der Waals surface area contributed by atoms with Crippen LogP contribution in [-0.2, 0) is 12.6 Å². The molecule has 18 heavy (non-hydrogen) atoms.